The van der Waals surface area contributed by atoms with Gasteiger partial charge in [-0.1, -0.05) is 72.3 Å². The van der Waals surface area contributed by atoms with Crippen molar-refractivity contribution in [3.8, 4) is 0 Å². The Morgan fingerprint density at radius 3 is 2.09 bits per heavy atom. The highest BCUT2D eigenvalue weighted by atomic mass is 35.5. The van der Waals surface area contributed by atoms with Gasteiger partial charge in [-0.3, -0.25) is 9.59 Å². The van der Waals surface area contributed by atoms with E-state index in [-0.39, 0.29) is 13.0 Å². The fourth-order valence-electron chi connectivity index (χ4n) is 2.97. The third-order valence-electron chi connectivity index (χ3n) is 4.66. The van der Waals surface area contributed by atoms with Crippen LogP contribution in [0.4, 0.5) is 0 Å². The highest BCUT2D eigenvalue weighted by Gasteiger charge is 2.24. The number of hydrogen-bond acceptors (Lipinski definition) is 4. The second kappa shape index (κ2) is 11.7. The highest BCUT2D eigenvalue weighted by molar-refractivity contribution is 6.30. The number of amides is 2. The van der Waals surface area contributed by atoms with Crippen molar-refractivity contribution in [2.45, 2.75) is 19.0 Å². The van der Waals surface area contributed by atoms with Crippen LogP contribution in [0.5, 0.6) is 0 Å². The zero-order valence-electron chi connectivity index (χ0n) is 17.3. The topological polar surface area (TPSA) is 84.5 Å². The van der Waals surface area contributed by atoms with Gasteiger partial charge in [0, 0.05) is 23.6 Å². The molecule has 1 unspecified atom stereocenters. The van der Waals surface area contributed by atoms with Crippen LogP contribution < -0.4 is 10.6 Å². The van der Waals surface area contributed by atoms with Gasteiger partial charge in [0.2, 0.25) is 0 Å². The summed E-state index contributed by atoms with van der Waals surface area (Å²) >= 11 is 5.85. The maximum absolute atomic E-state index is 12.7. The van der Waals surface area contributed by atoms with Crippen molar-refractivity contribution in [1.82, 2.24) is 10.6 Å². The first kappa shape index (κ1) is 23.0. The molecule has 0 bridgehead atoms. The Bertz CT molecular complexity index is 1040. The van der Waals surface area contributed by atoms with Gasteiger partial charge in [-0.05, 0) is 35.4 Å². The van der Waals surface area contributed by atoms with E-state index in [1.807, 2.05) is 30.3 Å². The number of ether oxygens (including phenoxy) is 1. The molecular weight excluding hydrogens is 428 g/mol. The minimum atomic E-state index is -0.936. The van der Waals surface area contributed by atoms with Crippen molar-refractivity contribution >= 4 is 29.4 Å². The van der Waals surface area contributed by atoms with Crippen LogP contribution in [-0.2, 0) is 27.3 Å². The van der Waals surface area contributed by atoms with E-state index in [1.165, 1.54) is 0 Å². The number of carbonyl (C=O) groups is 3. The van der Waals surface area contributed by atoms with E-state index in [2.05, 4.69) is 10.6 Å². The maximum atomic E-state index is 12.7. The molecule has 0 aliphatic rings. The first-order valence-corrected chi connectivity index (χ1v) is 10.5. The SMILES string of the molecule is O=C(COC(=O)C(Cc1ccccc1)NC(=O)c1ccccc1)NCc1ccc(Cl)cc1. The lowest BCUT2D eigenvalue weighted by atomic mass is 10.1. The van der Waals surface area contributed by atoms with Gasteiger partial charge < -0.3 is 15.4 Å². The smallest absolute Gasteiger partial charge is 0.329 e. The highest BCUT2D eigenvalue weighted by Crippen LogP contribution is 2.09. The van der Waals surface area contributed by atoms with Crippen molar-refractivity contribution in [3.05, 3.63) is 107 Å². The zero-order valence-corrected chi connectivity index (χ0v) is 18.0. The molecule has 0 aliphatic heterocycles. The molecule has 0 saturated carbocycles. The minimum absolute atomic E-state index is 0.241. The van der Waals surface area contributed by atoms with Crippen molar-refractivity contribution in [2.75, 3.05) is 6.61 Å². The number of rotatable bonds is 9. The molecule has 2 N–H and O–H groups in total. The maximum Gasteiger partial charge on any atom is 0.329 e. The van der Waals surface area contributed by atoms with Crippen LogP contribution >= 0.6 is 11.6 Å². The predicted molar refractivity (Wildman–Crippen MR) is 122 cm³/mol. The number of esters is 1. The minimum Gasteiger partial charge on any atom is -0.454 e. The lowest BCUT2D eigenvalue weighted by molar-refractivity contribution is -0.150. The number of carbonyl (C=O) groups excluding carboxylic acids is 3. The van der Waals surface area contributed by atoms with Gasteiger partial charge in [0.15, 0.2) is 6.61 Å². The summed E-state index contributed by atoms with van der Waals surface area (Å²) in [5.41, 5.74) is 2.15. The van der Waals surface area contributed by atoms with Crippen LogP contribution in [0.25, 0.3) is 0 Å². The third-order valence-corrected chi connectivity index (χ3v) is 4.91. The molecule has 0 fully saturated rings. The van der Waals surface area contributed by atoms with Crippen LogP contribution in [-0.4, -0.2) is 30.4 Å². The molecule has 3 aromatic carbocycles. The van der Waals surface area contributed by atoms with Crippen LogP contribution in [0, 0.1) is 0 Å². The lowest BCUT2D eigenvalue weighted by Crippen LogP contribution is -2.44. The van der Waals surface area contributed by atoms with Gasteiger partial charge in [0.05, 0.1) is 0 Å². The summed E-state index contributed by atoms with van der Waals surface area (Å²) in [6.07, 6.45) is 0.241. The van der Waals surface area contributed by atoms with E-state index >= 15 is 0 Å². The second-order valence-electron chi connectivity index (χ2n) is 7.09. The molecule has 164 valence electrons. The Hall–Kier alpha value is -3.64. The molecule has 0 heterocycles. The standard InChI is InChI=1S/C25H23ClN2O4/c26-21-13-11-19(12-14-21)16-27-23(29)17-32-25(31)22(15-18-7-3-1-4-8-18)28-24(30)20-9-5-2-6-10-20/h1-14,22H,15-17H2,(H,27,29)(H,28,30). The summed E-state index contributed by atoms with van der Waals surface area (Å²) in [5.74, 6) is -1.52. The van der Waals surface area contributed by atoms with E-state index in [4.69, 9.17) is 16.3 Å². The Kier molecular flexibility index (Phi) is 8.40. The van der Waals surface area contributed by atoms with Crippen LogP contribution in [0.3, 0.4) is 0 Å². The summed E-state index contributed by atoms with van der Waals surface area (Å²) in [5, 5.41) is 6.00. The van der Waals surface area contributed by atoms with Gasteiger partial charge >= 0.3 is 5.97 Å². The van der Waals surface area contributed by atoms with Crippen LogP contribution in [0.15, 0.2) is 84.9 Å². The number of halogens is 1. The molecular formula is C25H23ClN2O4. The average Bonchev–Trinajstić information content (AvgIpc) is 2.83. The van der Waals surface area contributed by atoms with Gasteiger partial charge in [-0.15, -0.1) is 0 Å². The Balaban J connectivity index is 1.57. The second-order valence-corrected chi connectivity index (χ2v) is 7.53. The zero-order chi connectivity index (χ0) is 22.8. The van der Waals surface area contributed by atoms with E-state index in [0.29, 0.717) is 10.6 Å². The number of benzene rings is 3. The van der Waals surface area contributed by atoms with Gasteiger partial charge in [-0.2, -0.15) is 0 Å². The lowest BCUT2D eigenvalue weighted by Gasteiger charge is -2.18. The molecule has 0 radical (unpaired) electrons. The molecule has 7 heteroatoms. The summed E-state index contributed by atoms with van der Waals surface area (Å²) in [7, 11) is 0. The molecule has 1 atom stereocenters. The largest absolute Gasteiger partial charge is 0.454 e. The number of hydrogen-bond donors (Lipinski definition) is 2. The van der Waals surface area contributed by atoms with Crippen molar-refractivity contribution in [1.29, 1.82) is 0 Å². The van der Waals surface area contributed by atoms with Crippen LogP contribution in [0.2, 0.25) is 5.02 Å². The van der Waals surface area contributed by atoms with Crippen molar-refractivity contribution < 1.29 is 19.1 Å². The van der Waals surface area contributed by atoms with Crippen LogP contribution in [0.1, 0.15) is 21.5 Å². The van der Waals surface area contributed by atoms with Gasteiger partial charge in [-0.25, -0.2) is 4.79 Å². The molecule has 32 heavy (non-hydrogen) atoms. The summed E-state index contributed by atoms with van der Waals surface area (Å²) < 4.78 is 5.20. The van der Waals surface area contributed by atoms with Crippen molar-refractivity contribution in [3.63, 3.8) is 0 Å². The molecule has 3 rings (SSSR count). The molecule has 3 aromatic rings. The fourth-order valence-corrected chi connectivity index (χ4v) is 3.09. The van der Waals surface area contributed by atoms with E-state index in [0.717, 1.165) is 11.1 Å². The first-order chi connectivity index (χ1) is 15.5. The average molecular weight is 451 g/mol. The van der Waals surface area contributed by atoms with E-state index in [1.54, 1.807) is 54.6 Å². The molecule has 0 spiro atoms. The summed E-state index contributed by atoms with van der Waals surface area (Å²) in [4.78, 5) is 37.4. The molecule has 2 amide bonds. The molecule has 0 aromatic heterocycles. The fraction of sp³-hybridized carbons (Fsp3) is 0.160. The van der Waals surface area contributed by atoms with Gasteiger partial charge in [0.1, 0.15) is 6.04 Å². The number of nitrogens with one attached hydrogen (secondary N) is 2. The Labute approximate surface area is 191 Å². The molecule has 6 nitrogen and oxygen atoms in total. The quantitative estimate of drug-likeness (QED) is 0.488. The van der Waals surface area contributed by atoms with E-state index < -0.39 is 30.4 Å². The Morgan fingerprint density at radius 2 is 1.44 bits per heavy atom. The summed E-state index contributed by atoms with van der Waals surface area (Å²) in [6, 6.07) is 24.0. The summed E-state index contributed by atoms with van der Waals surface area (Å²) in [6.45, 7) is -0.162. The van der Waals surface area contributed by atoms with Crippen molar-refractivity contribution in [2.24, 2.45) is 0 Å². The first-order valence-electron chi connectivity index (χ1n) is 10.1. The molecule has 0 aliphatic carbocycles. The normalized spacial score (nSPS) is 11.3. The molecule has 0 saturated heterocycles. The van der Waals surface area contributed by atoms with E-state index in [9.17, 15) is 14.4 Å². The van der Waals surface area contributed by atoms with Gasteiger partial charge in [0.25, 0.3) is 11.8 Å². The predicted octanol–water partition coefficient (Wildman–Crippen LogP) is 3.54. The monoisotopic (exact) mass is 450 g/mol. The third kappa shape index (κ3) is 7.25. The Morgan fingerprint density at radius 1 is 0.812 bits per heavy atom.